The molecule has 1 aromatic carbocycles. The molecular weight excluding hydrogens is 453 g/mol. The zero-order chi connectivity index (χ0) is 23.5. The molecule has 1 saturated heterocycles. The van der Waals surface area contributed by atoms with Crippen molar-refractivity contribution < 1.29 is 32.4 Å². The van der Waals surface area contributed by atoms with Crippen molar-refractivity contribution >= 4 is 28.1 Å². The zero-order valence-corrected chi connectivity index (χ0v) is 18.0. The number of amides is 1. The number of anilines is 1. The van der Waals surface area contributed by atoms with E-state index in [9.17, 15) is 28.1 Å². The van der Waals surface area contributed by atoms with Crippen LogP contribution < -0.4 is 10.1 Å². The van der Waals surface area contributed by atoms with Crippen molar-refractivity contribution in [1.82, 2.24) is 9.88 Å². The van der Waals surface area contributed by atoms with E-state index in [0.29, 0.717) is 12.2 Å². The van der Waals surface area contributed by atoms with Crippen LogP contribution in [0.5, 0.6) is 5.75 Å². The van der Waals surface area contributed by atoms with Crippen LogP contribution in [0, 0.1) is 10.1 Å². The highest BCUT2D eigenvalue weighted by Gasteiger charge is 2.29. The monoisotopic (exact) mass is 474 g/mol. The van der Waals surface area contributed by atoms with E-state index in [0.717, 1.165) is 42.6 Å². The van der Waals surface area contributed by atoms with Gasteiger partial charge in [-0.2, -0.15) is 13.2 Å². The number of rotatable bonds is 7. The van der Waals surface area contributed by atoms with Crippen LogP contribution in [0.4, 0.5) is 24.0 Å². The van der Waals surface area contributed by atoms with E-state index in [2.05, 4.69) is 19.9 Å². The van der Waals surface area contributed by atoms with Gasteiger partial charge in [-0.25, -0.2) is 4.98 Å². The Balaban J connectivity index is 1.70. The van der Waals surface area contributed by atoms with Crippen LogP contribution in [0.2, 0.25) is 0 Å². The number of benzene rings is 1. The third-order valence-corrected chi connectivity index (χ3v) is 5.27. The molecule has 2 aromatic rings. The summed E-state index contributed by atoms with van der Waals surface area (Å²) in [5.41, 5.74) is -0.277. The van der Waals surface area contributed by atoms with Crippen LogP contribution in [-0.2, 0) is 11.3 Å². The van der Waals surface area contributed by atoms with Crippen LogP contribution >= 0.6 is 11.3 Å². The first-order valence-electron chi connectivity index (χ1n) is 9.61. The summed E-state index contributed by atoms with van der Waals surface area (Å²) < 4.78 is 47.4. The molecule has 0 aliphatic carbocycles. The lowest BCUT2D eigenvalue weighted by Crippen LogP contribution is -2.44. The molecule has 1 aliphatic heterocycles. The van der Waals surface area contributed by atoms with Crippen molar-refractivity contribution in [2.24, 2.45) is 0 Å². The lowest BCUT2D eigenvalue weighted by molar-refractivity contribution is -0.385. The molecule has 1 aliphatic rings. The molecule has 13 heteroatoms. The Morgan fingerprint density at radius 3 is 2.69 bits per heavy atom. The number of thiazole rings is 1. The van der Waals surface area contributed by atoms with Crippen molar-refractivity contribution in [2.45, 2.75) is 38.8 Å². The van der Waals surface area contributed by atoms with Gasteiger partial charge in [0.1, 0.15) is 11.3 Å². The largest absolute Gasteiger partial charge is 0.484 e. The van der Waals surface area contributed by atoms with E-state index in [1.165, 1.54) is 0 Å². The van der Waals surface area contributed by atoms with Gasteiger partial charge in [0.2, 0.25) is 0 Å². The minimum atomic E-state index is -4.59. The second kappa shape index (κ2) is 9.79. The molecule has 9 nitrogen and oxygen atoms in total. The first-order valence-corrected chi connectivity index (χ1v) is 10.5. The smallest absolute Gasteiger partial charge is 0.422 e. The van der Waals surface area contributed by atoms with Gasteiger partial charge in [-0.05, 0) is 26.0 Å². The van der Waals surface area contributed by atoms with Crippen LogP contribution in [0.15, 0.2) is 23.6 Å². The number of carbonyl (C=O) groups is 1. The van der Waals surface area contributed by atoms with Crippen LogP contribution in [0.1, 0.15) is 29.9 Å². The minimum absolute atomic E-state index is 0.0870. The maximum Gasteiger partial charge on any atom is 0.422 e. The number of nitro groups is 1. The van der Waals surface area contributed by atoms with Gasteiger partial charge in [0.05, 0.1) is 22.8 Å². The fraction of sp³-hybridized carbons (Fsp3) is 0.474. The van der Waals surface area contributed by atoms with Crippen molar-refractivity contribution in [3.8, 4) is 5.75 Å². The molecule has 0 spiro atoms. The number of halogens is 3. The summed E-state index contributed by atoms with van der Waals surface area (Å²) in [6, 6.07) is 2.84. The van der Waals surface area contributed by atoms with Crippen molar-refractivity contribution in [1.29, 1.82) is 0 Å². The molecule has 1 fully saturated rings. The predicted molar refractivity (Wildman–Crippen MR) is 110 cm³/mol. The molecule has 3 rings (SSSR count). The summed E-state index contributed by atoms with van der Waals surface area (Å²) in [5, 5.41) is 15.7. The van der Waals surface area contributed by atoms with Gasteiger partial charge in [-0.3, -0.25) is 25.1 Å². The van der Waals surface area contributed by atoms with E-state index >= 15 is 0 Å². The van der Waals surface area contributed by atoms with Gasteiger partial charge in [-0.1, -0.05) is 0 Å². The molecule has 1 N–H and O–H groups in total. The molecule has 0 radical (unpaired) electrons. The highest BCUT2D eigenvalue weighted by Crippen LogP contribution is 2.27. The number of ether oxygens (including phenoxy) is 2. The van der Waals surface area contributed by atoms with E-state index in [-0.39, 0.29) is 23.1 Å². The Kier molecular flexibility index (Phi) is 7.31. The predicted octanol–water partition coefficient (Wildman–Crippen LogP) is 3.85. The number of nitrogens with zero attached hydrogens (tertiary/aromatic N) is 3. The molecule has 1 amide bonds. The highest BCUT2D eigenvalue weighted by molar-refractivity contribution is 7.14. The number of hydrogen-bond donors (Lipinski definition) is 1. The van der Waals surface area contributed by atoms with Gasteiger partial charge in [0, 0.05) is 31.1 Å². The standard InChI is InChI=1S/C19H21F3N4O5S/c1-11-6-25(7-12(2)31-11)8-13-9-32-18(23-13)24-17(27)15-5-14(30-10-19(20,21)22)3-4-16(15)26(28)29/h3-5,9,11-12H,6-8,10H2,1-2H3,(H,23,24,27). The maximum atomic E-state index is 12.6. The van der Waals surface area contributed by atoms with E-state index in [1.807, 2.05) is 13.8 Å². The summed E-state index contributed by atoms with van der Waals surface area (Å²) in [5.74, 6) is -1.18. The fourth-order valence-corrected chi connectivity index (χ4v) is 4.05. The topological polar surface area (TPSA) is 107 Å². The number of morpholine rings is 1. The fourth-order valence-electron chi connectivity index (χ4n) is 3.36. The number of alkyl halides is 3. The Hall–Kier alpha value is -2.77. The molecule has 1 aromatic heterocycles. The summed E-state index contributed by atoms with van der Waals surface area (Å²) in [7, 11) is 0. The molecule has 32 heavy (non-hydrogen) atoms. The average Bonchev–Trinajstić information content (AvgIpc) is 3.11. The zero-order valence-electron chi connectivity index (χ0n) is 17.2. The van der Waals surface area contributed by atoms with Crippen LogP contribution in [0.3, 0.4) is 0 Å². The van der Waals surface area contributed by atoms with Gasteiger partial charge in [-0.15, -0.1) is 11.3 Å². The molecule has 174 valence electrons. The third-order valence-electron chi connectivity index (χ3n) is 4.46. The van der Waals surface area contributed by atoms with Crippen LogP contribution in [0.25, 0.3) is 0 Å². The quantitative estimate of drug-likeness (QED) is 0.480. The summed E-state index contributed by atoms with van der Waals surface area (Å²) in [6.07, 6.45) is -4.41. The Bertz CT molecular complexity index is 974. The summed E-state index contributed by atoms with van der Waals surface area (Å²) in [6.45, 7) is 4.40. The van der Waals surface area contributed by atoms with Crippen molar-refractivity contribution in [2.75, 3.05) is 25.0 Å². The molecule has 0 saturated carbocycles. The van der Waals surface area contributed by atoms with E-state index in [4.69, 9.17) is 4.74 Å². The SMILES string of the molecule is CC1CN(Cc2csc(NC(=O)c3cc(OCC(F)(F)F)ccc3[N+](=O)[O-])n2)CC(C)O1. The van der Waals surface area contributed by atoms with Gasteiger partial charge >= 0.3 is 6.18 Å². The van der Waals surface area contributed by atoms with E-state index < -0.39 is 34.9 Å². The maximum absolute atomic E-state index is 12.6. The summed E-state index contributed by atoms with van der Waals surface area (Å²) >= 11 is 1.14. The highest BCUT2D eigenvalue weighted by atomic mass is 32.1. The Labute approximate surface area is 185 Å². The van der Waals surface area contributed by atoms with Crippen molar-refractivity contribution in [3.63, 3.8) is 0 Å². The molecular formula is C19H21F3N4O5S. The average molecular weight is 474 g/mol. The molecule has 2 heterocycles. The van der Waals surface area contributed by atoms with Crippen LogP contribution in [-0.4, -0.2) is 58.8 Å². The number of nitro benzene ring substituents is 1. The second-order valence-corrected chi connectivity index (χ2v) is 8.25. The number of hydrogen-bond acceptors (Lipinski definition) is 8. The summed E-state index contributed by atoms with van der Waals surface area (Å²) in [4.78, 5) is 29.6. The number of aromatic nitrogens is 1. The Morgan fingerprint density at radius 1 is 1.38 bits per heavy atom. The Morgan fingerprint density at radius 2 is 2.06 bits per heavy atom. The normalized spacial score (nSPS) is 19.5. The second-order valence-electron chi connectivity index (χ2n) is 7.39. The van der Waals surface area contributed by atoms with E-state index in [1.54, 1.807) is 5.38 Å². The first-order chi connectivity index (χ1) is 15.0. The lowest BCUT2D eigenvalue weighted by atomic mass is 10.1. The molecule has 2 unspecified atom stereocenters. The number of nitrogens with one attached hydrogen (secondary N) is 1. The number of carbonyl (C=O) groups excluding carboxylic acids is 1. The van der Waals surface area contributed by atoms with Gasteiger partial charge < -0.3 is 9.47 Å². The molecule has 2 atom stereocenters. The third kappa shape index (κ3) is 6.61. The van der Waals surface area contributed by atoms with Gasteiger partial charge in [0.15, 0.2) is 11.7 Å². The lowest BCUT2D eigenvalue weighted by Gasteiger charge is -2.34. The van der Waals surface area contributed by atoms with Crippen molar-refractivity contribution in [3.05, 3.63) is 45.0 Å². The van der Waals surface area contributed by atoms with Gasteiger partial charge in [0.25, 0.3) is 11.6 Å². The minimum Gasteiger partial charge on any atom is -0.484 e. The first kappa shape index (κ1) is 23.9. The molecule has 0 bridgehead atoms.